The summed E-state index contributed by atoms with van der Waals surface area (Å²) in [6, 6.07) is 9.49. The van der Waals surface area contributed by atoms with E-state index < -0.39 is 0 Å². The number of ether oxygens (including phenoxy) is 5. The van der Waals surface area contributed by atoms with Gasteiger partial charge in [0.05, 0.1) is 41.1 Å². The monoisotopic (exact) mass is 555 g/mol. The summed E-state index contributed by atoms with van der Waals surface area (Å²) in [5.74, 6) is 3.79. The van der Waals surface area contributed by atoms with Gasteiger partial charge in [0.2, 0.25) is 5.75 Å². The van der Waals surface area contributed by atoms with Crippen LogP contribution in [0, 0.1) is 0 Å². The highest BCUT2D eigenvalue weighted by molar-refractivity contribution is 14.0. The molecule has 0 saturated heterocycles. The molecule has 0 spiro atoms. The molecule has 0 atom stereocenters. The summed E-state index contributed by atoms with van der Waals surface area (Å²) in [7, 11) is 4.76. The van der Waals surface area contributed by atoms with E-state index >= 15 is 0 Å². The maximum atomic E-state index is 5.77. The van der Waals surface area contributed by atoms with Gasteiger partial charge in [-0.25, -0.2) is 4.99 Å². The third kappa shape index (κ3) is 6.59. The van der Waals surface area contributed by atoms with E-state index in [1.807, 2.05) is 30.3 Å². The fraction of sp³-hybridized carbons (Fsp3) is 0.348. The summed E-state index contributed by atoms with van der Waals surface area (Å²) in [5.41, 5.74) is 1.75. The molecular formula is C23H30IN3O5. The summed E-state index contributed by atoms with van der Waals surface area (Å²) >= 11 is 0. The van der Waals surface area contributed by atoms with Crippen LogP contribution < -0.4 is 34.3 Å². The van der Waals surface area contributed by atoms with Crippen LogP contribution in [-0.2, 0) is 6.54 Å². The maximum Gasteiger partial charge on any atom is 0.203 e. The topological polar surface area (TPSA) is 82.6 Å². The molecule has 0 bridgehead atoms. The Labute approximate surface area is 206 Å². The average Bonchev–Trinajstić information content (AvgIpc) is 3.05. The normalized spacial score (nSPS) is 12.7. The van der Waals surface area contributed by atoms with Crippen molar-refractivity contribution < 1.29 is 23.7 Å². The number of nitrogens with zero attached hydrogens (tertiary/aromatic N) is 1. The average molecular weight is 555 g/mol. The number of hydrogen-bond donors (Lipinski definition) is 2. The van der Waals surface area contributed by atoms with Crippen molar-refractivity contribution in [2.24, 2.45) is 4.99 Å². The van der Waals surface area contributed by atoms with E-state index in [0.29, 0.717) is 49.5 Å². The van der Waals surface area contributed by atoms with Gasteiger partial charge in [-0.15, -0.1) is 30.6 Å². The van der Waals surface area contributed by atoms with Crippen molar-refractivity contribution in [1.82, 2.24) is 5.32 Å². The highest BCUT2D eigenvalue weighted by atomic mass is 127. The van der Waals surface area contributed by atoms with Crippen molar-refractivity contribution in [3.05, 3.63) is 48.6 Å². The lowest BCUT2D eigenvalue weighted by Gasteiger charge is -2.15. The molecular weight excluding hydrogens is 525 g/mol. The Balaban J connectivity index is 0.00000363. The number of guanidine groups is 1. The van der Waals surface area contributed by atoms with Gasteiger partial charge in [0.15, 0.2) is 29.0 Å². The third-order valence-electron chi connectivity index (χ3n) is 4.57. The van der Waals surface area contributed by atoms with Crippen LogP contribution in [0.2, 0.25) is 0 Å². The van der Waals surface area contributed by atoms with Gasteiger partial charge in [0.25, 0.3) is 0 Å². The molecule has 1 aliphatic heterocycles. The molecule has 0 fully saturated rings. The van der Waals surface area contributed by atoms with Crippen LogP contribution in [0.25, 0.3) is 0 Å². The molecule has 3 rings (SSSR count). The van der Waals surface area contributed by atoms with Crippen molar-refractivity contribution in [3.8, 4) is 28.7 Å². The zero-order valence-corrected chi connectivity index (χ0v) is 20.9. The second-order valence-electron chi connectivity index (χ2n) is 6.70. The number of anilines is 1. The number of halogens is 1. The molecule has 8 nitrogen and oxygen atoms in total. The minimum absolute atomic E-state index is 0. The number of rotatable bonds is 8. The molecule has 32 heavy (non-hydrogen) atoms. The SMILES string of the molecule is C=CCNC(=NCc1cc(OC)c(OC)c(OC)c1)Nc1ccc2c(c1)OCCCO2.I. The van der Waals surface area contributed by atoms with Crippen LogP contribution in [-0.4, -0.2) is 47.0 Å². The molecule has 0 aliphatic carbocycles. The Kier molecular flexibility index (Phi) is 10.3. The van der Waals surface area contributed by atoms with Crippen molar-refractivity contribution in [1.29, 1.82) is 0 Å². The largest absolute Gasteiger partial charge is 0.493 e. The zero-order valence-electron chi connectivity index (χ0n) is 18.6. The predicted octanol–water partition coefficient (Wildman–Crippen LogP) is 4.24. The molecule has 2 N–H and O–H groups in total. The van der Waals surface area contributed by atoms with E-state index in [-0.39, 0.29) is 24.0 Å². The quantitative estimate of drug-likeness (QED) is 0.218. The molecule has 1 heterocycles. The van der Waals surface area contributed by atoms with E-state index in [0.717, 1.165) is 29.2 Å². The molecule has 1 aliphatic rings. The zero-order chi connectivity index (χ0) is 22.1. The lowest BCUT2D eigenvalue weighted by atomic mass is 10.2. The summed E-state index contributed by atoms with van der Waals surface area (Å²) in [6.07, 6.45) is 2.63. The van der Waals surface area contributed by atoms with Gasteiger partial charge in [0, 0.05) is 24.7 Å². The van der Waals surface area contributed by atoms with Crippen molar-refractivity contribution in [2.45, 2.75) is 13.0 Å². The Hall–Kier alpha value is -2.82. The molecule has 0 unspecified atom stereocenters. The van der Waals surface area contributed by atoms with Crippen LogP contribution in [0.5, 0.6) is 28.7 Å². The minimum Gasteiger partial charge on any atom is -0.493 e. The summed E-state index contributed by atoms with van der Waals surface area (Å²) < 4.78 is 27.7. The molecule has 0 aromatic heterocycles. The van der Waals surface area contributed by atoms with Crippen molar-refractivity contribution in [3.63, 3.8) is 0 Å². The first-order valence-electron chi connectivity index (χ1n) is 10.0. The fourth-order valence-electron chi connectivity index (χ4n) is 3.08. The minimum atomic E-state index is 0. The van der Waals surface area contributed by atoms with Crippen LogP contribution in [0.15, 0.2) is 48.0 Å². The van der Waals surface area contributed by atoms with Gasteiger partial charge in [-0.3, -0.25) is 0 Å². The molecule has 2 aromatic rings. The fourth-order valence-corrected chi connectivity index (χ4v) is 3.08. The Bertz CT molecular complexity index is 911. The Morgan fingerprint density at radius 1 is 1.03 bits per heavy atom. The standard InChI is InChI=1S/C23H29N3O5.HI/c1-5-9-24-23(26-17-7-8-18-19(14-17)31-11-6-10-30-18)25-15-16-12-20(27-2)22(29-4)21(13-16)28-3;/h5,7-8,12-14H,1,6,9-11,15H2,2-4H3,(H2,24,25,26);1H. The van der Waals surface area contributed by atoms with E-state index in [9.17, 15) is 0 Å². The number of methoxy groups -OCH3 is 3. The second kappa shape index (κ2) is 12.9. The van der Waals surface area contributed by atoms with Gasteiger partial charge in [-0.1, -0.05) is 6.08 Å². The molecule has 0 saturated carbocycles. The van der Waals surface area contributed by atoms with E-state index in [4.69, 9.17) is 23.7 Å². The first-order chi connectivity index (χ1) is 15.2. The molecule has 0 radical (unpaired) electrons. The second-order valence-corrected chi connectivity index (χ2v) is 6.70. The number of benzene rings is 2. The van der Waals surface area contributed by atoms with Crippen LogP contribution >= 0.6 is 24.0 Å². The number of aliphatic imine (C=N–C) groups is 1. The first-order valence-corrected chi connectivity index (χ1v) is 10.0. The Morgan fingerprint density at radius 3 is 2.34 bits per heavy atom. The van der Waals surface area contributed by atoms with Gasteiger partial charge in [-0.05, 0) is 29.8 Å². The van der Waals surface area contributed by atoms with E-state index in [1.165, 1.54) is 0 Å². The highest BCUT2D eigenvalue weighted by Gasteiger charge is 2.14. The summed E-state index contributed by atoms with van der Waals surface area (Å²) in [5, 5.41) is 6.52. The highest BCUT2D eigenvalue weighted by Crippen LogP contribution is 2.38. The molecule has 0 amide bonds. The number of hydrogen-bond acceptors (Lipinski definition) is 6. The summed E-state index contributed by atoms with van der Waals surface area (Å²) in [6.45, 7) is 6.01. The molecule has 9 heteroatoms. The number of fused-ring (bicyclic) bond motifs is 1. The lowest BCUT2D eigenvalue weighted by Crippen LogP contribution is -2.31. The van der Waals surface area contributed by atoms with Gasteiger partial charge >= 0.3 is 0 Å². The third-order valence-corrected chi connectivity index (χ3v) is 4.57. The molecule has 2 aromatic carbocycles. The first kappa shape index (κ1) is 25.4. The predicted molar refractivity (Wildman–Crippen MR) is 137 cm³/mol. The maximum absolute atomic E-state index is 5.77. The van der Waals surface area contributed by atoms with Crippen LogP contribution in [0.4, 0.5) is 5.69 Å². The van der Waals surface area contributed by atoms with E-state index in [1.54, 1.807) is 27.4 Å². The van der Waals surface area contributed by atoms with Gasteiger partial charge in [-0.2, -0.15) is 0 Å². The summed E-state index contributed by atoms with van der Waals surface area (Å²) in [4.78, 5) is 4.69. The Morgan fingerprint density at radius 2 is 1.72 bits per heavy atom. The van der Waals surface area contributed by atoms with Crippen molar-refractivity contribution >= 4 is 35.6 Å². The lowest BCUT2D eigenvalue weighted by molar-refractivity contribution is 0.297. The van der Waals surface area contributed by atoms with Gasteiger partial charge < -0.3 is 34.3 Å². The van der Waals surface area contributed by atoms with Gasteiger partial charge in [0.1, 0.15) is 0 Å². The van der Waals surface area contributed by atoms with Crippen LogP contribution in [0.1, 0.15) is 12.0 Å². The smallest absolute Gasteiger partial charge is 0.203 e. The van der Waals surface area contributed by atoms with E-state index in [2.05, 4.69) is 22.2 Å². The van der Waals surface area contributed by atoms with Crippen LogP contribution in [0.3, 0.4) is 0 Å². The van der Waals surface area contributed by atoms with Crippen molar-refractivity contribution in [2.75, 3.05) is 46.4 Å². The molecule has 174 valence electrons. The number of nitrogens with one attached hydrogen (secondary N) is 2.